The van der Waals surface area contributed by atoms with Gasteiger partial charge in [0, 0.05) is 11.8 Å². The Morgan fingerprint density at radius 3 is 1.56 bits per heavy atom. The molecule has 2 aromatic heterocycles. The fourth-order valence-corrected chi connectivity index (χ4v) is 8.80. The molecule has 0 atom stereocenters. The summed E-state index contributed by atoms with van der Waals surface area (Å²) in [7, 11) is 0. The van der Waals surface area contributed by atoms with Crippen molar-refractivity contribution in [3.8, 4) is 67.0 Å². The van der Waals surface area contributed by atoms with Crippen molar-refractivity contribution in [2.45, 2.75) is 0 Å². The van der Waals surface area contributed by atoms with E-state index in [0.717, 1.165) is 28.2 Å². The summed E-state index contributed by atoms with van der Waals surface area (Å²) >= 11 is 0. The lowest BCUT2D eigenvalue weighted by Gasteiger charge is -2.20. The fourth-order valence-electron chi connectivity index (χ4n) is 8.80. The minimum Gasteiger partial charge on any atom is -0.299 e. The molecular formula is C55H36N2. The monoisotopic (exact) mass is 724 g/mol. The summed E-state index contributed by atoms with van der Waals surface area (Å²) in [5.41, 5.74) is 15.0. The molecule has 11 aromatic rings. The maximum Gasteiger partial charge on any atom is 0.137 e. The molecule has 0 saturated heterocycles. The molecule has 57 heavy (non-hydrogen) atoms. The van der Waals surface area contributed by atoms with Crippen LogP contribution in [-0.2, 0) is 0 Å². The standard InChI is InChI=1S/C55H36N2/c1-4-16-37(17-5-1)43-32-33-48(45-25-11-10-24-44(43)45)55-47-27-13-12-26-46(47)54(39-20-8-3-9-21-39)50-35-41(30-31-49(50)55)40-22-14-23-42(34-40)52-28-15-29-53-56-51(36-57(52)53)38-18-6-2-7-19-38/h1-36H. The van der Waals surface area contributed by atoms with Crippen LogP contribution in [0.15, 0.2) is 219 Å². The van der Waals surface area contributed by atoms with Crippen molar-refractivity contribution in [1.82, 2.24) is 9.38 Å². The predicted octanol–water partition coefficient (Wildman–Crippen LogP) is 14.8. The van der Waals surface area contributed by atoms with Crippen molar-refractivity contribution < 1.29 is 0 Å². The molecule has 0 aliphatic carbocycles. The van der Waals surface area contributed by atoms with Crippen LogP contribution in [0, 0.1) is 0 Å². The van der Waals surface area contributed by atoms with Gasteiger partial charge in [-0.25, -0.2) is 4.98 Å². The average Bonchev–Trinajstić information content (AvgIpc) is 3.74. The van der Waals surface area contributed by atoms with Gasteiger partial charge in [0.05, 0.1) is 11.4 Å². The number of hydrogen-bond acceptors (Lipinski definition) is 1. The van der Waals surface area contributed by atoms with Crippen LogP contribution in [0.2, 0.25) is 0 Å². The van der Waals surface area contributed by atoms with Crippen LogP contribution in [0.5, 0.6) is 0 Å². The molecule has 9 aromatic carbocycles. The third-order valence-electron chi connectivity index (χ3n) is 11.4. The van der Waals surface area contributed by atoms with E-state index < -0.39 is 0 Å². The highest BCUT2D eigenvalue weighted by molar-refractivity contribution is 6.24. The molecule has 0 fully saturated rings. The Morgan fingerprint density at radius 1 is 0.298 bits per heavy atom. The van der Waals surface area contributed by atoms with Crippen molar-refractivity contribution >= 4 is 38.0 Å². The molecule has 0 saturated carbocycles. The van der Waals surface area contributed by atoms with Gasteiger partial charge in [-0.3, -0.25) is 4.40 Å². The Bertz CT molecular complexity index is 3270. The van der Waals surface area contributed by atoms with Gasteiger partial charge in [-0.05, 0) is 107 Å². The zero-order chi connectivity index (χ0) is 37.7. The van der Waals surface area contributed by atoms with Crippen molar-refractivity contribution in [3.63, 3.8) is 0 Å². The van der Waals surface area contributed by atoms with Gasteiger partial charge in [-0.1, -0.05) is 188 Å². The van der Waals surface area contributed by atoms with Crippen LogP contribution < -0.4 is 0 Å². The highest BCUT2D eigenvalue weighted by Gasteiger charge is 2.20. The second kappa shape index (κ2) is 13.6. The van der Waals surface area contributed by atoms with Gasteiger partial charge in [0.1, 0.15) is 5.65 Å². The number of fused-ring (bicyclic) bond motifs is 4. The van der Waals surface area contributed by atoms with Crippen LogP contribution in [-0.4, -0.2) is 9.38 Å². The normalized spacial score (nSPS) is 11.5. The van der Waals surface area contributed by atoms with Gasteiger partial charge in [0.15, 0.2) is 0 Å². The largest absolute Gasteiger partial charge is 0.299 e. The van der Waals surface area contributed by atoms with Crippen LogP contribution in [0.25, 0.3) is 105 Å². The Morgan fingerprint density at radius 2 is 0.825 bits per heavy atom. The molecule has 0 spiro atoms. The Balaban J connectivity index is 1.13. The van der Waals surface area contributed by atoms with Gasteiger partial charge in [0.25, 0.3) is 0 Å². The number of rotatable bonds is 6. The molecule has 266 valence electrons. The lowest BCUT2D eigenvalue weighted by molar-refractivity contribution is 1.19. The highest BCUT2D eigenvalue weighted by atomic mass is 15.0. The third-order valence-corrected chi connectivity index (χ3v) is 11.4. The summed E-state index contributed by atoms with van der Waals surface area (Å²) in [6.07, 6.45) is 2.15. The topological polar surface area (TPSA) is 17.3 Å². The first-order valence-electron chi connectivity index (χ1n) is 19.5. The molecular weight excluding hydrogens is 689 g/mol. The van der Waals surface area contributed by atoms with E-state index in [4.69, 9.17) is 4.98 Å². The Hall–Kier alpha value is -7.55. The zero-order valence-electron chi connectivity index (χ0n) is 31.2. The van der Waals surface area contributed by atoms with E-state index in [1.165, 1.54) is 76.8 Å². The summed E-state index contributed by atoms with van der Waals surface area (Å²) in [5.74, 6) is 0. The molecule has 0 bridgehead atoms. The van der Waals surface area contributed by atoms with Gasteiger partial charge < -0.3 is 0 Å². The van der Waals surface area contributed by atoms with Crippen LogP contribution >= 0.6 is 0 Å². The van der Waals surface area contributed by atoms with E-state index in [9.17, 15) is 0 Å². The molecule has 0 unspecified atom stereocenters. The molecule has 0 aliphatic heterocycles. The number of hydrogen-bond donors (Lipinski definition) is 0. The molecule has 11 rings (SSSR count). The molecule has 0 N–H and O–H groups in total. The molecule has 0 aliphatic rings. The lowest BCUT2D eigenvalue weighted by atomic mass is 9.83. The number of pyridine rings is 1. The minimum atomic E-state index is 0.929. The summed E-state index contributed by atoms with van der Waals surface area (Å²) in [4.78, 5) is 4.98. The second-order valence-electron chi connectivity index (χ2n) is 14.7. The van der Waals surface area contributed by atoms with Gasteiger partial charge in [-0.2, -0.15) is 0 Å². The Kier molecular flexibility index (Phi) is 7.86. The molecule has 0 amide bonds. The summed E-state index contributed by atoms with van der Waals surface area (Å²) in [6.45, 7) is 0. The van der Waals surface area contributed by atoms with Crippen LogP contribution in [0.3, 0.4) is 0 Å². The quantitative estimate of drug-likeness (QED) is 0.156. The van der Waals surface area contributed by atoms with Gasteiger partial charge in [-0.15, -0.1) is 0 Å². The molecule has 0 radical (unpaired) electrons. The van der Waals surface area contributed by atoms with E-state index >= 15 is 0 Å². The lowest BCUT2D eigenvalue weighted by Crippen LogP contribution is -1.93. The highest BCUT2D eigenvalue weighted by Crippen LogP contribution is 2.47. The predicted molar refractivity (Wildman–Crippen MR) is 240 cm³/mol. The number of aromatic nitrogens is 2. The first kappa shape index (κ1) is 32.8. The minimum absolute atomic E-state index is 0.929. The molecule has 2 heterocycles. The van der Waals surface area contributed by atoms with E-state index in [-0.39, 0.29) is 0 Å². The van der Waals surface area contributed by atoms with E-state index in [0.29, 0.717) is 0 Å². The molecule has 2 heteroatoms. The van der Waals surface area contributed by atoms with Crippen LogP contribution in [0.4, 0.5) is 0 Å². The third kappa shape index (κ3) is 5.61. The average molecular weight is 725 g/mol. The first-order chi connectivity index (χ1) is 28.3. The maximum absolute atomic E-state index is 4.98. The SMILES string of the molecule is c1ccc(-c2cn3c(-c4cccc(-c5ccc6c(-c7ccc(-c8ccccc8)c8ccccc78)c7ccccc7c(-c7ccccc7)c6c5)c4)cccc3n2)cc1. The fraction of sp³-hybridized carbons (Fsp3) is 0. The van der Waals surface area contributed by atoms with E-state index in [1.54, 1.807) is 0 Å². The Labute approximate surface area is 331 Å². The van der Waals surface area contributed by atoms with Crippen LogP contribution in [0.1, 0.15) is 0 Å². The van der Waals surface area contributed by atoms with E-state index in [2.05, 4.69) is 217 Å². The van der Waals surface area contributed by atoms with Crippen molar-refractivity contribution in [1.29, 1.82) is 0 Å². The van der Waals surface area contributed by atoms with E-state index in [1.807, 2.05) is 6.07 Å². The van der Waals surface area contributed by atoms with Gasteiger partial charge >= 0.3 is 0 Å². The summed E-state index contributed by atoms with van der Waals surface area (Å²) < 4.78 is 2.21. The van der Waals surface area contributed by atoms with Crippen molar-refractivity contribution in [3.05, 3.63) is 219 Å². The number of benzene rings is 9. The maximum atomic E-state index is 4.98. The first-order valence-corrected chi connectivity index (χ1v) is 19.5. The van der Waals surface area contributed by atoms with Gasteiger partial charge in [0.2, 0.25) is 0 Å². The van der Waals surface area contributed by atoms with Crippen molar-refractivity contribution in [2.75, 3.05) is 0 Å². The zero-order valence-corrected chi connectivity index (χ0v) is 31.2. The summed E-state index contributed by atoms with van der Waals surface area (Å²) in [6, 6.07) is 76.8. The number of nitrogens with zero attached hydrogens (tertiary/aromatic N) is 2. The number of imidazole rings is 1. The summed E-state index contributed by atoms with van der Waals surface area (Å²) in [5, 5.41) is 7.47. The molecule has 2 nitrogen and oxygen atoms in total. The second-order valence-corrected chi connectivity index (χ2v) is 14.7. The smallest absolute Gasteiger partial charge is 0.137 e. The van der Waals surface area contributed by atoms with Crippen molar-refractivity contribution in [2.24, 2.45) is 0 Å².